The fourth-order valence-corrected chi connectivity index (χ4v) is 2.02. The molecule has 0 radical (unpaired) electrons. The molecule has 0 atom stereocenters. The van der Waals surface area contributed by atoms with Gasteiger partial charge in [-0.25, -0.2) is 0 Å². The molecule has 0 aliphatic rings. The number of nitrogens with zero attached hydrogens (tertiary/aromatic N) is 1. The molecule has 1 aromatic heterocycles. The Kier molecular flexibility index (Phi) is 3.30. The first-order valence-corrected chi connectivity index (χ1v) is 5.92. The van der Waals surface area contributed by atoms with E-state index in [4.69, 9.17) is 0 Å². The summed E-state index contributed by atoms with van der Waals surface area (Å²) in [4.78, 5) is 0. The molecule has 86 valence electrons. The van der Waals surface area contributed by atoms with Gasteiger partial charge in [0.15, 0.2) is 0 Å². The van der Waals surface area contributed by atoms with Crippen molar-refractivity contribution in [1.29, 1.82) is 0 Å². The molecule has 1 heterocycles. The molecule has 1 aromatic carbocycles. The van der Waals surface area contributed by atoms with Crippen LogP contribution in [0.2, 0.25) is 0 Å². The SMILES string of the molecule is CC(C)CNCc1cccc2c1ccn2C. The van der Waals surface area contributed by atoms with Crippen LogP contribution in [0.5, 0.6) is 0 Å². The molecule has 2 nitrogen and oxygen atoms in total. The number of benzene rings is 1. The van der Waals surface area contributed by atoms with Gasteiger partial charge in [0.05, 0.1) is 0 Å². The minimum atomic E-state index is 0.704. The van der Waals surface area contributed by atoms with E-state index in [1.54, 1.807) is 0 Å². The fraction of sp³-hybridized carbons (Fsp3) is 0.429. The lowest BCUT2D eigenvalue weighted by Gasteiger charge is -2.08. The van der Waals surface area contributed by atoms with Gasteiger partial charge in [-0.3, -0.25) is 0 Å². The molecular weight excluding hydrogens is 196 g/mol. The van der Waals surface area contributed by atoms with Crippen molar-refractivity contribution in [3.63, 3.8) is 0 Å². The fourth-order valence-electron chi connectivity index (χ4n) is 2.02. The molecule has 2 heteroatoms. The number of hydrogen-bond acceptors (Lipinski definition) is 1. The van der Waals surface area contributed by atoms with Crippen LogP contribution in [0.15, 0.2) is 30.5 Å². The van der Waals surface area contributed by atoms with Crippen LogP contribution in [0.3, 0.4) is 0 Å². The summed E-state index contributed by atoms with van der Waals surface area (Å²) in [5.41, 5.74) is 2.70. The highest BCUT2D eigenvalue weighted by molar-refractivity contribution is 5.83. The third-order valence-electron chi connectivity index (χ3n) is 2.89. The number of nitrogens with one attached hydrogen (secondary N) is 1. The number of hydrogen-bond donors (Lipinski definition) is 1. The molecule has 0 saturated heterocycles. The Balaban J connectivity index is 2.17. The van der Waals surface area contributed by atoms with Gasteiger partial charge in [-0.05, 0) is 30.2 Å². The van der Waals surface area contributed by atoms with Crippen molar-refractivity contribution < 1.29 is 0 Å². The lowest BCUT2D eigenvalue weighted by molar-refractivity contribution is 0.553. The van der Waals surface area contributed by atoms with Crippen molar-refractivity contribution in [1.82, 2.24) is 9.88 Å². The zero-order chi connectivity index (χ0) is 11.5. The van der Waals surface area contributed by atoms with Crippen LogP contribution in [-0.2, 0) is 13.6 Å². The molecule has 0 fully saturated rings. The van der Waals surface area contributed by atoms with E-state index in [-0.39, 0.29) is 0 Å². The summed E-state index contributed by atoms with van der Waals surface area (Å²) in [6, 6.07) is 8.70. The highest BCUT2D eigenvalue weighted by Crippen LogP contribution is 2.19. The quantitative estimate of drug-likeness (QED) is 0.831. The van der Waals surface area contributed by atoms with Crippen LogP contribution in [0, 0.1) is 5.92 Å². The van der Waals surface area contributed by atoms with Gasteiger partial charge in [0.1, 0.15) is 0 Å². The van der Waals surface area contributed by atoms with Crippen LogP contribution < -0.4 is 5.32 Å². The average molecular weight is 216 g/mol. The molecule has 2 rings (SSSR count). The van der Waals surface area contributed by atoms with Gasteiger partial charge in [0, 0.05) is 30.7 Å². The Hall–Kier alpha value is -1.28. The molecule has 0 aliphatic heterocycles. The Morgan fingerprint density at radius 2 is 2.06 bits per heavy atom. The molecule has 16 heavy (non-hydrogen) atoms. The molecule has 0 spiro atoms. The minimum Gasteiger partial charge on any atom is -0.351 e. The summed E-state index contributed by atoms with van der Waals surface area (Å²) in [5.74, 6) is 0.704. The van der Waals surface area contributed by atoms with Crippen LogP contribution in [0.4, 0.5) is 0 Å². The van der Waals surface area contributed by atoms with Crippen LogP contribution >= 0.6 is 0 Å². The van der Waals surface area contributed by atoms with Crippen LogP contribution in [-0.4, -0.2) is 11.1 Å². The number of rotatable bonds is 4. The van der Waals surface area contributed by atoms with Crippen molar-refractivity contribution in [2.45, 2.75) is 20.4 Å². The lowest BCUT2D eigenvalue weighted by atomic mass is 10.1. The van der Waals surface area contributed by atoms with Crippen molar-refractivity contribution in [2.24, 2.45) is 13.0 Å². The Labute approximate surface area is 97.3 Å². The van der Waals surface area contributed by atoms with Gasteiger partial charge in [-0.2, -0.15) is 0 Å². The maximum absolute atomic E-state index is 3.49. The second-order valence-corrected chi connectivity index (χ2v) is 4.80. The van der Waals surface area contributed by atoms with Gasteiger partial charge in [-0.1, -0.05) is 26.0 Å². The van der Waals surface area contributed by atoms with Crippen molar-refractivity contribution in [2.75, 3.05) is 6.54 Å². The molecule has 0 aliphatic carbocycles. The molecule has 0 amide bonds. The third-order valence-corrected chi connectivity index (χ3v) is 2.89. The summed E-state index contributed by atoms with van der Waals surface area (Å²) in [5, 5.41) is 4.86. The lowest BCUT2D eigenvalue weighted by Crippen LogP contribution is -2.18. The van der Waals surface area contributed by atoms with E-state index in [0.717, 1.165) is 13.1 Å². The second kappa shape index (κ2) is 4.71. The smallest absolute Gasteiger partial charge is 0.0480 e. The molecule has 0 bridgehead atoms. The van der Waals surface area contributed by atoms with E-state index in [1.807, 2.05) is 0 Å². The summed E-state index contributed by atoms with van der Waals surface area (Å²) in [6.07, 6.45) is 2.12. The van der Waals surface area contributed by atoms with E-state index < -0.39 is 0 Å². The monoisotopic (exact) mass is 216 g/mol. The Morgan fingerprint density at radius 1 is 1.25 bits per heavy atom. The average Bonchev–Trinajstić information content (AvgIpc) is 2.61. The summed E-state index contributed by atoms with van der Waals surface area (Å²) in [6.45, 7) is 6.49. The topological polar surface area (TPSA) is 17.0 Å². The van der Waals surface area contributed by atoms with E-state index in [2.05, 4.69) is 61.2 Å². The second-order valence-electron chi connectivity index (χ2n) is 4.80. The predicted molar refractivity (Wildman–Crippen MR) is 69.5 cm³/mol. The zero-order valence-electron chi connectivity index (χ0n) is 10.3. The van der Waals surface area contributed by atoms with Gasteiger partial charge in [0.2, 0.25) is 0 Å². The molecule has 1 N–H and O–H groups in total. The summed E-state index contributed by atoms with van der Waals surface area (Å²) < 4.78 is 2.17. The first-order chi connectivity index (χ1) is 7.68. The molecule has 2 aromatic rings. The van der Waals surface area contributed by atoms with Crippen LogP contribution in [0.25, 0.3) is 10.9 Å². The summed E-state index contributed by atoms with van der Waals surface area (Å²) >= 11 is 0. The maximum atomic E-state index is 3.49. The Bertz CT molecular complexity index is 469. The third kappa shape index (κ3) is 2.27. The summed E-state index contributed by atoms with van der Waals surface area (Å²) in [7, 11) is 2.09. The molecule has 0 unspecified atom stereocenters. The van der Waals surface area contributed by atoms with Crippen molar-refractivity contribution in [3.05, 3.63) is 36.0 Å². The van der Waals surface area contributed by atoms with E-state index in [0.29, 0.717) is 5.92 Å². The number of aryl methyl sites for hydroxylation is 1. The first-order valence-electron chi connectivity index (χ1n) is 5.92. The van der Waals surface area contributed by atoms with Crippen LogP contribution in [0.1, 0.15) is 19.4 Å². The van der Waals surface area contributed by atoms with Gasteiger partial charge >= 0.3 is 0 Å². The van der Waals surface area contributed by atoms with Crippen molar-refractivity contribution in [3.8, 4) is 0 Å². The zero-order valence-corrected chi connectivity index (χ0v) is 10.3. The van der Waals surface area contributed by atoms with Gasteiger partial charge in [-0.15, -0.1) is 0 Å². The van der Waals surface area contributed by atoms with E-state index in [1.165, 1.54) is 16.5 Å². The minimum absolute atomic E-state index is 0.704. The number of aromatic nitrogens is 1. The highest BCUT2D eigenvalue weighted by Gasteiger charge is 2.03. The van der Waals surface area contributed by atoms with Gasteiger partial charge in [0.25, 0.3) is 0 Å². The van der Waals surface area contributed by atoms with Crippen molar-refractivity contribution >= 4 is 10.9 Å². The largest absolute Gasteiger partial charge is 0.351 e. The molecule has 0 saturated carbocycles. The van der Waals surface area contributed by atoms with Gasteiger partial charge < -0.3 is 9.88 Å². The normalized spacial score (nSPS) is 11.5. The predicted octanol–water partition coefficient (Wildman–Crippen LogP) is 2.92. The standard InChI is InChI=1S/C14H20N2/c1-11(2)9-15-10-12-5-4-6-14-13(12)7-8-16(14)3/h4-8,11,15H,9-10H2,1-3H3. The first kappa shape index (κ1) is 11.2. The van der Waals surface area contributed by atoms with E-state index in [9.17, 15) is 0 Å². The van der Waals surface area contributed by atoms with E-state index >= 15 is 0 Å². The maximum Gasteiger partial charge on any atom is 0.0480 e. The molecular formula is C14H20N2. The highest BCUT2D eigenvalue weighted by atomic mass is 14.9. The number of fused-ring (bicyclic) bond motifs is 1. The Morgan fingerprint density at radius 3 is 2.81 bits per heavy atom.